The standard InChI is InChI=1S/C26H29N3O5S/c1-32-23-15-20(29-10-12-34-26(29)31)14-18(17-30)25(23)33-11-3-4-19-16-27-8-9-28(19)22-5-2-6-24-21(22)7-13-35-24/h2,5-7,13-15,17,19,27H,3-4,8-12,16H2,1H3. The molecule has 0 aliphatic carbocycles. The topological polar surface area (TPSA) is 80.3 Å². The summed E-state index contributed by atoms with van der Waals surface area (Å²) in [5.74, 6) is 0.829. The number of hydrogen-bond donors (Lipinski definition) is 1. The zero-order chi connectivity index (χ0) is 24.2. The molecule has 0 bridgehead atoms. The maximum Gasteiger partial charge on any atom is 0.414 e. The molecular weight excluding hydrogens is 466 g/mol. The highest BCUT2D eigenvalue weighted by Crippen LogP contribution is 2.37. The van der Waals surface area contributed by atoms with Crippen LogP contribution in [0.2, 0.25) is 0 Å². The van der Waals surface area contributed by atoms with Gasteiger partial charge in [-0.15, -0.1) is 11.3 Å². The second kappa shape index (κ2) is 10.5. The Morgan fingerprint density at radius 2 is 2.17 bits per heavy atom. The SMILES string of the molecule is COc1cc(N2CCOC2=O)cc(C=O)c1OCCCC1CNCCN1c1cccc2sccc12. The number of cyclic esters (lactones) is 1. The predicted octanol–water partition coefficient (Wildman–Crippen LogP) is 4.32. The van der Waals surface area contributed by atoms with Crippen LogP contribution in [0.25, 0.3) is 10.1 Å². The molecule has 184 valence electrons. The maximum atomic E-state index is 11.9. The van der Waals surface area contributed by atoms with Crippen LogP contribution in [0, 0.1) is 0 Å². The van der Waals surface area contributed by atoms with E-state index in [1.807, 2.05) is 0 Å². The lowest BCUT2D eigenvalue weighted by atomic mass is 10.1. The number of fused-ring (bicyclic) bond motifs is 1. The summed E-state index contributed by atoms with van der Waals surface area (Å²) in [5.41, 5.74) is 2.20. The van der Waals surface area contributed by atoms with E-state index in [-0.39, 0.29) is 0 Å². The summed E-state index contributed by atoms with van der Waals surface area (Å²) in [6, 6.07) is 12.4. The Balaban J connectivity index is 1.26. The molecule has 1 atom stereocenters. The molecule has 1 N–H and O–H groups in total. The number of ether oxygens (including phenoxy) is 3. The number of carbonyl (C=O) groups is 2. The molecule has 0 spiro atoms. The van der Waals surface area contributed by atoms with Gasteiger partial charge in [-0.25, -0.2) is 4.79 Å². The van der Waals surface area contributed by atoms with Crippen molar-refractivity contribution in [3.63, 3.8) is 0 Å². The molecule has 1 unspecified atom stereocenters. The predicted molar refractivity (Wildman–Crippen MR) is 138 cm³/mol. The Morgan fingerprint density at radius 1 is 1.26 bits per heavy atom. The second-order valence-corrected chi connectivity index (χ2v) is 9.55. The summed E-state index contributed by atoms with van der Waals surface area (Å²) in [4.78, 5) is 27.8. The first-order valence-corrected chi connectivity index (χ1v) is 12.8. The van der Waals surface area contributed by atoms with Crippen molar-refractivity contribution in [2.24, 2.45) is 0 Å². The van der Waals surface area contributed by atoms with Crippen molar-refractivity contribution in [3.05, 3.63) is 47.3 Å². The molecular formula is C26H29N3O5S. The first kappa shape index (κ1) is 23.4. The average Bonchev–Trinajstić information content (AvgIpc) is 3.55. The van der Waals surface area contributed by atoms with Crippen LogP contribution < -0.4 is 24.6 Å². The number of hydrogen-bond acceptors (Lipinski definition) is 8. The molecule has 2 aromatic carbocycles. The van der Waals surface area contributed by atoms with Crippen molar-refractivity contribution in [1.82, 2.24) is 5.32 Å². The van der Waals surface area contributed by atoms with Crippen LogP contribution >= 0.6 is 11.3 Å². The molecule has 0 saturated carbocycles. The number of thiophene rings is 1. The van der Waals surface area contributed by atoms with E-state index >= 15 is 0 Å². The molecule has 9 heteroatoms. The molecule has 1 amide bonds. The van der Waals surface area contributed by atoms with Gasteiger partial charge in [0.05, 0.1) is 31.5 Å². The van der Waals surface area contributed by atoms with Gasteiger partial charge in [-0.3, -0.25) is 9.69 Å². The van der Waals surface area contributed by atoms with Crippen molar-refractivity contribution in [2.75, 3.05) is 56.3 Å². The van der Waals surface area contributed by atoms with E-state index < -0.39 is 6.09 Å². The zero-order valence-corrected chi connectivity index (χ0v) is 20.5. The molecule has 2 aliphatic rings. The molecule has 2 aliphatic heterocycles. The molecule has 5 rings (SSSR count). The van der Waals surface area contributed by atoms with E-state index in [4.69, 9.17) is 14.2 Å². The summed E-state index contributed by atoms with van der Waals surface area (Å²) in [6.45, 7) is 4.06. The smallest absolute Gasteiger partial charge is 0.414 e. The van der Waals surface area contributed by atoms with E-state index in [0.29, 0.717) is 48.6 Å². The first-order chi connectivity index (χ1) is 17.2. The summed E-state index contributed by atoms with van der Waals surface area (Å²) >= 11 is 1.77. The van der Waals surface area contributed by atoms with Crippen LogP contribution in [0.1, 0.15) is 23.2 Å². The van der Waals surface area contributed by atoms with Crippen LogP contribution in [-0.2, 0) is 4.74 Å². The largest absolute Gasteiger partial charge is 0.493 e. The minimum absolute atomic E-state index is 0.323. The maximum absolute atomic E-state index is 11.9. The minimum Gasteiger partial charge on any atom is -0.493 e. The van der Waals surface area contributed by atoms with Crippen molar-refractivity contribution >= 4 is 45.2 Å². The lowest BCUT2D eigenvalue weighted by molar-refractivity contribution is 0.111. The number of rotatable bonds is 9. The summed E-state index contributed by atoms with van der Waals surface area (Å²) in [7, 11) is 1.53. The number of methoxy groups -OCH3 is 1. The fraction of sp³-hybridized carbons (Fsp3) is 0.385. The van der Waals surface area contributed by atoms with Crippen LogP contribution in [0.4, 0.5) is 16.2 Å². The highest BCUT2D eigenvalue weighted by Gasteiger charge is 2.27. The van der Waals surface area contributed by atoms with Crippen molar-refractivity contribution in [1.29, 1.82) is 0 Å². The molecule has 2 saturated heterocycles. The number of aldehydes is 1. The minimum atomic E-state index is -0.429. The molecule has 35 heavy (non-hydrogen) atoms. The van der Waals surface area contributed by atoms with Crippen molar-refractivity contribution < 1.29 is 23.8 Å². The van der Waals surface area contributed by atoms with Crippen LogP contribution in [0.3, 0.4) is 0 Å². The number of benzene rings is 2. The molecule has 1 aromatic heterocycles. The van der Waals surface area contributed by atoms with Gasteiger partial charge in [0.25, 0.3) is 0 Å². The van der Waals surface area contributed by atoms with Gasteiger partial charge in [0, 0.05) is 47.5 Å². The van der Waals surface area contributed by atoms with E-state index in [0.717, 1.165) is 38.8 Å². The third kappa shape index (κ3) is 4.78. The highest BCUT2D eigenvalue weighted by atomic mass is 32.1. The first-order valence-electron chi connectivity index (χ1n) is 11.9. The van der Waals surface area contributed by atoms with Crippen molar-refractivity contribution in [2.45, 2.75) is 18.9 Å². The lowest BCUT2D eigenvalue weighted by Gasteiger charge is -2.38. The normalized spacial score (nSPS) is 18.1. The Kier molecular flexibility index (Phi) is 7.06. The number of carbonyl (C=O) groups excluding carboxylic acids is 2. The quantitative estimate of drug-likeness (QED) is 0.350. The monoisotopic (exact) mass is 495 g/mol. The molecule has 3 heterocycles. The fourth-order valence-electron chi connectivity index (χ4n) is 4.84. The Hall–Kier alpha value is -3.30. The average molecular weight is 496 g/mol. The third-order valence-corrected chi connectivity index (χ3v) is 7.43. The van der Waals surface area contributed by atoms with Gasteiger partial charge in [0.1, 0.15) is 6.61 Å². The van der Waals surface area contributed by atoms with Gasteiger partial charge in [-0.2, -0.15) is 0 Å². The van der Waals surface area contributed by atoms with Gasteiger partial charge in [0.2, 0.25) is 0 Å². The Labute approximate surface area is 208 Å². The molecule has 2 fully saturated rings. The number of amides is 1. The number of nitrogens with one attached hydrogen (secondary N) is 1. The summed E-state index contributed by atoms with van der Waals surface area (Å²) in [6.07, 6.45) is 2.08. The Morgan fingerprint density at radius 3 is 2.97 bits per heavy atom. The van der Waals surface area contributed by atoms with Gasteiger partial charge < -0.3 is 24.4 Å². The van der Waals surface area contributed by atoms with Gasteiger partial charge >= 0.3 is 6.09 Å². The fourth-order valence-corrected chi connectivity index (χ4v) is 5.65. The molecule has 8 nitrogen and oxygen atoms in total. The van der Waals surface area contributed by atoms with E-state index in [9.17, 15) is 9.59 Å². The van der Waals surface area contributed by atoms with E-state index in [1.165, 1.54) is 27.8 Å². The summed E-state index contributed by atoms with van der Waals surface area (Å²) in [5, 5.41) is 6.98. The van der Waals surface area contributed by atoms with Crippen molar-refractivity contribution in [3.8, 4) is 11.5 Å². The number of anilines is 2. The third-order valence-electron chi connectivity index (χ3n) is 6.55. The van der Waals surface area contributed by atoms with Crippen LogP contribution in [0.15, 0.2) is 41.8 Å². The Bertz CT molecular complexity index is 1210. The van der Waals surface area contributed by atoms with E-state index in [1.54, 1.807) is 23.5 Å². The van der Waals surface area contributed by atoms with Gasteiger partial charge in [-0.1, -0.05) is 6.07 Å². The lowest BCUT2D eigenvalue weighted by Crippen LogP contribution is -2.51. The van der Waals surface area contributed by atoms with Gasteiger partial charge in [0.15, 0.2) is 17.8 Å². The molecule has 0 radical (unpaired) electrons. The highest BCUT2D eigenvalue weighted by molar-refractivity contribution is 7.17. The zero-order valence-electron chi connectivity index (χ0n) is 19.7. The van der Waals surface area contributed by atoms with Crippen LogP contribution in [0.5, 0.6) is 11.5 Å². The molecule has 3 aromatic rings. The summed E-state index contributed by atoms with van der Waals surface area (Å²) < 4.78 is 17.9. The second-order valence-electron chi connectivity index (χ2n) is 8.60. The number of nitrogens with zero attached hydrogens (tertiary/aromatic N) is 2. The van der Waals surface area contributed by atoms with Crippen LogP contribution in [-0.4, -0.2) is 64.9 Å². The number of piperazine rings is 1. The van der Waals surface area contributed by atoms with E-state index in [2.05, 4.69) is 39.9 Å². The van der Waals surface area contributed by atoms with Gasteiger partial charge in [-0.05, 0) is 42.5 Å².